The summed E-state index contributed by atoms with van der Waals surface area (Å²) in [5, 5.41) is 9.40. The van der Waals surface area contributed by atoms with Crippen molar-refractivity contribution in [3.63, 3.8) is 0 Å². The molecule has 1 fully saturated rings. The number of nitrogens with zero attached hydrogens (tertiary/aromatic N) is 1. The Morgan fingerprint density at radius 2 is 2.00 bits per heavy atom. The number of hydrogen-bond donors (Lipinski definition) is 1. The number of carbonyl (C=O) groups excluding carboxylic acids is 2. The van der Waals surface area contributed by atoms with Gasteiger partial charge < -0.3 is 14.7 Å². The van der Waals surface area contributed by atoms with Crippen molar-refractivity contribution in [1.29, 1.82) is 0 Å². The number of aliphatic hydroxyl groups is 1. The molecule has 0 heterocycles. The summed E-state index contributed by atoms with van der Waals surface area (Å²) in [6, 6.07) is 0. The minimum Gasteiger partial charge on any atom is -0.469 e. The Morgan fingerprint density at radius 1 is 1.39 bits per heavy atom. The Hall–Kier alpha value is -1.10. The normalized spacial score (nSPS) is 16.0. The lowest BCUT2D eigenvalue weighted by atomic mass is 9.83. The van der Waals surface area contributed by atoms with Crippen molar-refractivity contribution < 1.29 is 19.4 Å². The topological polar surface area (TPSA) is 66.8 Å². The number of methoxy groups -OCH3 is 1. The first-order chi connectivity index (χ1) is 8.42. The van der Waals surface area contributed by atoms with Crippen LogP contribution in [0.2, 0.25) is 0 Å². The third kappa shape index (κ3) is 3.45. The highest BCUT2D eigenvalue weighted by molar-refractivity contribution is 5.81. The molecule has 1 saturated carbocycles. The third-order valence-electron chi connectivity index (χ3n) is 3.61. The molecule has 0 bridgehead atoms. The summed E-state index contributed by atoms with van der Waals surface area (Å²) >= 11 is 0. The highest BCUT2D eigenvalue weighted by Gasteiger charge is 2.36. The molecule has 104 valence electrons. The lowest BCUT2D eigenvalue weighted by Crippen LogP contribution is -2.53. The molecule has 0 aliphatic heterocycles. The van der Waals surface area contributed by atoms with Crippen LogP contribution in [-0.2, 0) is 14.3 Å². The first-order valence-corrected chi connectivity index (χ1v) is 6.41. The van der Waals surface area contributed by atoms with Crippen molar-refractivity contribution in [3.05, 3.63) is 0 Å². The fourth-order valence-electron chi connectivity index (χ4n) is 1.98. The quantitative estimate of drug-likeness (QED) is 0.719. The Balaban J connectivity index is 2.68. The molecule has 0 aromatic heterocycles. The first kappa shape index (κ1) is 15.0. The van der Waals surface area contributed by atoms with Crippen LogP contribution >= 0.6 is 0 Å². The summed E-state index contributed by atoms with van der Waals surface area (Å²) in [5.74, 6) is -0.229. The maximum atomic E-state index is 12.3. The van der Waals surface area contributed by atoms with Crippen LogP contribution < -0.4 is 0 Å². The monoisotopic (exact) mass is 257 g/mol. The van der Waals surface area contributed by atoms with Crippen LogP contribution in [-0.4, -0.2) is 47.7 Å². The van der Waals surface area contributed by atoms with Gasteiger partial charge >= 0.3 is 5.97 Å². The summed E-state index contributed by atoms with van der Waals surface area (Å²) in [6.07, 6.45) is 3.07. The van der Waals surface area contributed by atoms with Crippen LogP contribution in [0.3, 0.4) is 0 Å². The van der Waals surface area contributed by atoms with Crippen molar-refractivity contribution >= 4 is 11.9 Å². The standard InChI is InChI=1S/C13H23NO4/c1-13(2,9-15)14(8-7-11(16)18-3)12(17)10-5-4-6-10/h10,15H,4-9H2,1-3H3. The van der Waals surface area contributed by atoms with E-state index in [0.717, 1.165) is 19.3 Å². The summed E-state index contributed by atoms with van der Waals surface area (Å²) in [5.41, 5.74) is -0.638. The van der Waals surface area contributed by atoms with Crippen LogP contribution in [0.4, 0.5) is 0 Å². The Morgan fingerprint density at radius 3 is 2.39 bits per heavy atom. The molecule has 1 aliphatic rings. The van der Waals surface area contributed by atoms with Gasteiger partial charge in [-0.3, -0.25) is 9.59 Å². The average Bonchev–Trinajstić information content (AvgIpc) is 2.26. The zero-order valence-electron chi connectivity index (χ0n) is 11.4. The molecule has 0 spiro atoms. The molecular formula is C13H23NO4. The van der Waals surface area contributed by atoms with Gasteiger partial charge in [0.1, 0.15) is 0 Å². The molecule has 0 saturated heterocycles. The number of carbonyl (C=O) groups is 2. The van der Waals surface area contributed by atoms with Crippen molar-refractivity contribution in [1.82, 2.24) is 4.90 Å². The SMILES string of the molecule is COC(=O)CCN(C(=O)C1CCC1)C(C)(C)CO. The molecule has 1 N–H and O–H groups in total. The van der Waals surface area contributed by atoms with E-state index >= 15 is 0 Å². The van der Waals surface area contributed by atoms with Crippen molar-refractivity contribution in [2.75, 3.05) is 20.3 Å². The predicted octanol–water partition coefficient (Wildman–Crippen LogP) is 0.949. The van der Waals surface area contributed by atoms with E-state index in [2.05, 4.69) is 4.74 Å². The van der Waals surface area contributed by atoms with E-state index in [1.165, 1.54) is 7.11 Å². The van der Waals surface area contributed by atoms with Gasteiger partial charge in [-0.05, 0) is 26.7 Å². The van der Waals surface area contributed by atoms with Crippen molar-refractivity contribution in [2.24, 2.45) is 5.92 Å². The number of hydrogen-bond acceptors (Lipinski definition) is 4. The van der Waals surface area contributed by atoms with E-state index in [1.54, 1.807) is 18.7 Å². The van der Waals surface area contributed by atoms with Gasteiger partial charge in [0.15, 0.2) is 0 Å². The van der Waals surface area contributed by atoms with Gasteiger partial charge in [0.2, 0.25) is 5.91 Å². The fourth-order valence-corrected chi connectivity index (χ4v) is 1.98. The van der Waals surface area contributed by atoms with Gasteiger partial charge in [-0.15, -0.1) is 0 Å². The summed E-state index contributed by atoms with van der Waals surface area (Å²) in [7, 11) is 1.33. The van der Waals surface area contributed by atoms with E-state index in [4.69, 9.17) is 0 Å². The number of rotatable bonds is 6. The van der Waals surface area contributed by atoms with Gasteiger partial charge in [0.25, 0.3) is 0 Å². The summed E-state index contributed by atoms with van der Waals surface area (Å²) < 4.78 is 4.59. The van der Waals surface area contributed by atoms with Gasteiger partial charge in [-0.25, -0.2) is 0 Å². The van der Waals surface area contributed by atoms with Gasteiger partial charge in [-0.1, -0.05) is 6.42 Å². The Bertz CT molecular complexity index is 310. The largest absolute Gasteiger partial charge is 0.469 e. The van der Waals surface area contributed by atoms with E-state index in [1.807, 2.05) is 0 Å². The molecule has 0 radical (unpaired) electrons. The van der Waals surface area contributed by atoms with Crippen molar-refractivity contribution in [3.8, 4) is 0 Å². The van der Waals surface area contributed by atoms with Crippen molar-refractivity contribution in [2.45, 2.75) is 45.1 Å². The number of ether oxygens (including phenoxy) is 1. The summed E-state index contributed by atoms with van der Waals surface area (Å²) in [6.45, 7) is 3.80. The summed E-state index contributed by atoms with van der Waals surface area (Å²) in [4.78, 5) is 25.1. The van der Waals surface area contributed by atoms with Gasteiger partial charge in [0, 0.05) is 12.5 Å². The number of amides is 1. The maximum absolute atomic E-state index is 12.3. The van der Waals surface area contributed by atoms with Gasteiger partial charge in [-0.2, -0.15) is 0 Å². The lowest BCUT2D eigenvalue weighted by Gasteiger charge is -2.41. The Labute approximate surface area is 108 Å². The zero-order valence-corrected chi connectivity index (χ0v) is 11.4. The molecular weight excluding hydrogens is 234 g/mol. The minimum absolute atomic E-state index is 0.0456. The molecule has 0 aromatic rings. The second kappa shape index (κ2) is 6.18. The van der Waals surface area contributed by atoms with Gasteiger partial charge in [0.05, 0.1) is 25.7 Å². The molecule has 5 nitrogen and oxygen atoms in total. The van der Waals surface area contributed by atoms with E-state index < -0.39 is 5.54 Å². The second-order valence-corrected chi connectivity index (χ2v) is 5.41. The molecule has 5 heteroatoms. The Kier molecular flexibility index (Phi) is 5.14. The smallest absolute Gasteiger partial charge is 0.307 e. The van der Waals surface area contributed by atoms with Crippen LogP contribution in [0.25, 0.3) is 0 Å². The predicted molar refractivity (Wildman–Crippen MR) is 66.9 cm³/mol. The van der Waals surface area contributed by atoms with E-state index in [0.29, 0.717) is 6.54 Å². The second-order valence-electron chi connectivity index (χ2n) is 5.41. The van der Waals surface area contributed by atoms with E-state index in [-0.39, 0.29) is 30.8 Å². The number of esters is 1. The zero-order chi connectivity index (χ0) is 13.8. The molecule has 18 heavy (non-hydrogen) atoms. The highest BCUT2D eigenvalue weighted by atomic mass is 16.5. The fraction of sp³-hybridized carbons (Fsp3) is 0.846. The molecule has 0 unspecified atom stereocenters. The van der Waals surface area contributed by atoms with E-state index in [9.17, 15) is 14.7 Å². The maximum Gasteiger partial charge on any atom is 0.307 e. The van der Waals surface area contributed by atoms with Crippen LogP contribution in [0.1, 0.15) is 39.5 Å². The molecule has 1 aliphatic carbocycles. The molecule has 0 atom stereocenters. The molecule has 0 aromatic carbocycles. The highest BCUT2D eigenvalue weighted by Crippen LogP contribution is 2.30. The minimum atomic E-state index is -0.638. The average molecular weight is 257 g/mol. The third-order valence-corrected chi connectivity index (χ3v) is 3.61. The van der Waals surface area contributed by atoms with Crippen LogP contribution in [0.5, 0.6) is 0 Å². The number of aliphatic hydroxyl groups excluding tert-OH is 1. The molecule has 1 rings (SSSR count). The van der Waals surface area contributed by atoms with Crippen LogP contribution in [0, 0.1) is 5.92 Å². The first-order valence-electron chi connectivity index (χ1n) is 6.41. The lowest BCUT2D eigenvalue weighted by molar-refractivity contribution is -0.148. The van der Waals surface area contributed by atoms with Crippen LogP contribution in [0.15, 0.2) is 0 Å². The molecule has 1 amide bonds.